The van der Waals surface area contributed by atoms with E-state index in [1.165, 1.54) is 5.56 Å². The van der Waals surface area contributed by atoms with Crippen molar-refractivity contribution in [1.82, 2.24) is 20.2 Å². The van der Waals surface area contributed by atoms with Gasteiger partial charge in [-0.15, -0.1) is 0 Å². The number of urea groups is 1. The lowest BCUT2D eigenvalue weighted by atomic mass is 10.1. The number of nitrogens with one attached hydrogen (secondary N) is 2. The van der Waals surface area contributed by atoms with Gasteiger partial charge >= 0.3 is 6.03 Å². The second kappa shape index (κ2) is 9.78. The molecule has 152 valence electrons. The molecule has 2 N–H and O–H groups in total. The van der Waals surface area contributed by atoms with Gasteiger partial charge in [0, 0.05) is 25.5 Å². The first-order valence-corrected chi connectivity index (χ1v) is 9.79. The molecule has 0 fully saturated rings. The number of rotatable bonds is 8. The second-order valence-electron chi connectivity index (χ2n) is 7.15. The van der Waals surface area contributed by atoms with Crippen LogP contribution in [0.1, 0.15) is 36.3 Å². The van der Waals surface area contributed by atoms with Crippen LogP contribution in [0.25, 0.3) is 0 Å². The molecule has 0 aliphatic heterocycles. The molecule has 0 aliphatic carbocycles. The maximum Gasteiger partial charge on any atom is 0.315 e. The van der Waals surface area contributed by atoms with Crippen molar-refractivity contribution in [3.8, 4) is 5.75 Å². The average molecular weight is 393 g/mol. The van der Waals surface area contributed by atoms with Crippen LogP contribution in [0.3, 0.4) is 0 Å². The normalized spacial score (nSPS) is 12.8. The molecule has 6 nitrogen and oxygen atoms in total. The molecule has 2 unspecified atom stereocenters. The van der Waals surface area contributed by atoms with E-state index in [4.69, 9.17) is 4.74 Å². The highest BCUT2D eigenvalue weighted by Crippen LogP contribution is 2.24. The molecule has 2 atom stereocenters. The number of imidazole rings is 1. The Bertz CT molecular complexity index is 923. The summed E-state index contributed by atoms with van der Waals surface area (Å²) in [6.45, 7) is 2.02. The Morgan fingerprint density at radius 3 is 2.62 bits per heavy atom. The molecular formula is C23H28N4O2. The van der Waals surface area contributed by atoms with E-state index in [2.05, 4.69) is 27.8 Å². The highest BCUT2D eigenvalue weighted by atomic mass is 16.5. The van der Waals surface area contributed by atoms with Gasteiger partial charge in [0.05, 0.1) is 7.11 Å². The lowest BCUT2D eigenvalue weighted by Crippen LogP contribution is -2.43. The summed E-state index contributed by atoms with van der Waals surface area (Å²) >= 11 is 0. The number of amides is 2. The fourth-order valence-corrected chi connectivity index (χ4v) is 3.27. The van der Waals surface area contributed by atoms with E-state index in [1.807, 2.05) is 67.2 Å². The topological polar surface area (TPSA) is 68.2 Å². The van der Waals surface area contributed by atoms with Crippen molar-refractivity contribution in [3.05, 3.63) is 83.9 Å². The molecule has 0 spiro atoms. The van der Waals surface area contributed by atoms with Crippen LogP contribution in [0, 0.1) is 0 Å². The molecule has 1 aromatic heterocycles. The summed E-state index contributed by atoms with van der Waals surface area (Å²) < 4.78 is 7.25. The van der Waals surface area contributed by atoms with E-state index in [0.717, 1.165) is 30.0 Å². The van der Waals surface area contributed by atoms with Crippen LogP contribution in [0.2, 0.25) is 0 Å². The smallest absolute Gasteiger partial charge is 0.315 e. The van der Waals surface area contributed by atoms with Gasteiger partial charge in [0.2, 0.25) is 0 Å². The van der Waals surface area contributed by atoms with Crippen molar-refractivity contribution >= 4 is 6.03 Å². The molecule has 0 aliphatic rings. The van der Waals surface area contributed by atoms with Crippen LogP contribution in [-0.2, 0) is 13.5 Å². The van der Waals surface area contributed by atoms with Crippen molar-refractivity contribution in [2.45, 2.75) is 31.8 Å². The number of hydrogen-bond donors (Lipinski definition) is 2. The summed E-state index contributed by atoms with van der Waals surface area (Å²) in [5, 5.41) is 6.11. The Morgan fingerprint density at radius 2 is 1.93 bits per heavy atom. The number of aryl methyl sites for hydroxylation is 2. The largest absolute Gasteiger partial charge is 0.497 e. The summed E-state index contributed by atoms with van der Waals surface area (Å²) in [5.41, 5.74) is 2.18. The zero-order chi connectivity index (χ0) is 20.6. The minimum absolute atomic E-state index is 0.0440. The summed E-state index contributed by atoms with van der Waals surface area (Å²) in [4.78, 5) is 17.2. The number of benzene rings is 2. The number of nitrogens with zero attached hydrogens (tertiary/aromatic N) is 2. The van der Waals surface area contributed by atoms with Crippen molar-refractivity contribution in [3.63, 3.8) is 0 Å². The van der Waals surface area contributed by atoms with Crippen molar-refractivity contribution in [2.24, 2.45) is 7.05 Å². The number of methoxy groups -OCH3 is 1. The highest BCUT2D eigenvalue weighted by molar-refractivity contribution is 5.75. The predicted octanol–water partition coefficient (Wildman–Crippen LogP) is 3.84. The Morgan fingerprint density at radius 1 is 1.14 bits per heavy atom. The van der Waals surface area contributed by atoms with Gasteiger partial charge in [-0.05, 0) is 43.0 Å². The summed E-state index contributed by atoms with van der Waals surface area (Å²) in [6.07, 6.45) is 5.37. The summed E-state index contributed by atoms with van der Waals surface area (Å²) in [6, 6.07) is 17.4. The SMILES string of the molecule is COc1cccc(C(NC(=O)NC(C)CCc2ccccc2)c2nccn2C)c1. The third-order valence-corrected chi connectivity index (χ3v) is 4.91. The standard InChI is InChI=1S/C23H28N4O2/c1-17(12-13-18-8-5-4-6-9-18)25-23(28)26-21(22-24-14-15-27(22)2)19-10-7-11-20(16-19)29-3/h4-11,14-17,21H,12-13H2,1-3H3,(H2,25,26,28). The van der Waals surface area contributed by atoms with Crippen LogP contribution in [0.4, 0.5) is 4.79 Å². The average Bonchev–Trinajstić information content (AvgIpc) is 3.17. The molecule has 3 aromatic rings. The monoisotopic (exact) mass is 392 g/mol. The lowest BCUT2D eigenvalue weighted by molar-refractivity contribution is 0.234. The quantitative estimate of drug-likeness (QED) is 0.612. The number of carbonyl (C=O) groups is 1. The first kappa shape index (κ1) is 20.5. The third kappa shape index (κ3) is 5.60. The maximum atomic E-state index is 12.7. The first-order chi connectivity index (χ1) is 14.1. The van der Waals surface area contributed by atoms with Gasteiger partial charge in [0.25, 0.3) is 0 Å². The minimum Gasteiger partial charge on any atom is -0.497 e. The van der Waals surface area contributed by atoms with Gasteiger partial charge < -0.3 is 19.9 Å². The number of carbonyl (C=O) groups excluding carboxylic acids is 1. The van der Waals surface area contributed by atoms with Gasteiger partial charge in [-0.3, -0.25) is 0 Å². The van der Waals surface area contributed by atoms with Crippen LogP contribution in [0.15, 0.2) is 67.0 Å². The maximum absolute atomic E-state index is 12.7. The van der Waals surface area contributed by atoms with Crippen LogP contribution >= 0.6 is 0 Å². The Labute approximate surface area is 171 Å². The van der Waals surface area contributed by atoms with E-state index >= 15 is 0 Å². The summed E-state index contributed by atoms with van der Waals surface area (Å²) in [7, 11) is 3.54. The van der Waals surface area contributed by atoms with Gasteiger partial charge in [0.15, 0.2) is 0 Å². The molecule has 29 heavy (non-hydrogen) atoms. The zero-order valence-electron chi connectivity index (χ0n) is 17.1. The predicted molar refractivity (Wildman–Crippen MR) is 114 cm³/mol. The van der Waals surface area contributed by atoms with Crippen molar-refractivity contribution in [1.29, 1.82) is 0 Å². The fraction of sp³-hybridized carbons (Fsp3) is 0.304. The van der Waals surface area contributed by atoms with Crippen LogP contribution in [-0.4, -0.2) is 28.7 Å². The first-order valence-electron chi connectivity index (χ1n) is 9.79. The molecule has 3 rings (SSSR count). The zero-order valence-corrected chi connectivity index (χ0v) is 17.1. The molecule has 0 radical (unpaired) electrons. The van der Waals surface area contributed by atoms with E-state index in [-0.39, 0.29) is 18.1 Å². The highest BCUT2D eigenvalue weighted by Gasteiger charge is 2.22. The Balaban J connectivity index is 1.67. The number of hydrogen-bond acceptors (Lipinski definition) is 3. The van der Waals surface area contributed by atoms with Gasteiger partial charge in [-0.1, -0.05) is 42.5 Å². The van der Waals surface area contributed by atoms with Crippen LogP contribution < -0.4 is 15.4 Å². The van der Waals surface area contributed by atoms with Crippen molar-refractivity contribution in [2.75, 3.05) is 7.11 Å². The Kier molecular flexibility index (Phi) is 6.89. The van der Waals surface area contributed by atoms with Crippen LogP contribution in [0.5, 0.6) is 5.75 Å². The molecular weight excluding hydrogens is 364 g/mol. The molecule has 0 saturated heterocycles. The second-order valence-corrected chi connectivity index (χ2v) is 7.15. The molecule has 0 saturated carbocycles. The lowest BCUT2D eigenvalue weighted by Gasteiger charge is -2.22. The van der Waals surface area contributed by atoms with Crippen molar-refractivity contribution < 1.29 is 9.53 Å². The van der Waals surface area contributed by atoms with E-state index in [1.54, 1.807) is 13.3 Å². The molecule has 2 amide bonds. The Hall–Kier alpha value is -3.28. The third-order valence-electron chi connectivity index (χ3n) is 4.91. The number of aromatic nitrogens is 2. The molecule has 0 bridgehead atoms. The van der Waals surface area contributed by atoms with E-state index in [9.17, 15) is 4.79 Å². The molecule has 2 aromatic carbocycles. The minimum atomic E-state index is -0.383. The molecule has 6 heteroatoms. The summed E-state index contributed by atoms with van der Waals surface area (Å²) in [5.74, 6) is 1.49. The van der Waals surface area contributed by atoms with Gasteiger partial charge in [0.1, 0.15) is 17.6 Å². The molecule has 1 heterocycles. The van der Waals surface area contributed by atoms with Gasteiger partial charge in [-0.2, -0.15) is 0 Å². The fourth-order valence-electron chi connectivity index (χ4n) is 3.27. The number of ether oxygens (including phenoxy) is 1. The van der Waals surface area contributed by atoms with E-state index < -0.39 is 0 Å². The van der Waals surface area contributed by atoms with E-state index in [0.29, 0.717) is 0 Å². The van der Waals surface area contributed by atoms with Gasteiger partial charge in [-0.25, -0.2) is 9.78 Å².